The Kier molecular flexibility index (Phi) is 5.41. The number of allylic oxidation sites excluding steroid dienone is 1. The quantitative estimate of drug-likeness (QED) is 0.800. The number of anilines is 1. The summed E-state index contributed by atoms with van der Waals surface area (Å²) in [5.41, 5.74) is 2.05. The molecule has 1 aliphatic rings. The largest absolute Gasteiger partial charge is 0.494 e. The summed E-state index contributed by atoms with van der Waals surface area (Å²) in [5, 5.41) is 22.2. The van der Waals surface area contributed by atoms with E-state index in [1.54, 1.807) is 17.0 Å². The van der Waals surface area contributed by atoms with Gasteiger partial charge < -0.3 is 10.0 Å². The standard InChI is InChI=1S/C21H22N4O2/c1-3-24(4-2)16-10-8-15(9-11-16)18-17(14-22)20(26)23-21(27)19(18)25-12-6-5-7-13-25/h5-13,18-19H,3-4H2,1-2H3,(H-,23,26,27)/p+1. The molecule has 1 amide bonds. The lowest BCUT2D eigenvalue weighted by atomic mass is 9.82. The van der Waals surface area contributed by atoms with Crippen LogP contribution in [0.3, 0.4) is 0 Å². The first-order chi connectivity index (χ1) is 13.1. The van der Waals surface area contributed by atoms with Gasteiger partial charge in [-0.05, 0) is 31.5 Å². The number of aliphatic hydroxyl groups excluding tert-OH is 1. The number of pyridine rings is 1. The first-order valence-corrected chi connectivity index (χ1v) is 9.05. The van der Waals surface area contributed by atoms with Crippen molar-refractivity contribution < 1.29 is 14.5 Å². The van der Waals surface area contributed by atoms with Gasteiger partial charge in [0.25, 0.3) is 5.91 Å². The summed E-state index contributed by atoms with van der Waals surface area (Å²) in [7, 11) is 0. The summed E-state index contributed by atoms with van der Waals surface area (Å²) in [6.07, 6.45) is 3.58. The van der Waals surface area contributed by atoms with Crippen LogP contribution in [-0.4, -0.2) is 24.1 Å². The fraction of sp³-hybridized carbons (Fsp3) is 0.286. The van der Waals surface area contributed by atoms with Crippen molar-refractivity contribution >= 4 is 11.6 Å². The number of carbonyl (C=O) groups excluding carboxylic acids is 1. The zero-order valence-corrected chi connectivity index (χ0v) is 15.5. The Morgan fingerprint density at radius 1 is 1.15 bits per heavy atom. The molecule has 2 unspecified atom stereocenters. The number of nitriles is 1. The summed E-state index contributed by atoms with van der Waals surface area (Å²) in [6, 6.07) is 14.8. The van der Waals surface area contributed by atoms with Gasteiger partial charge in [-0.1, -0.05) is 18.2 Å². The average Bonchev–Trinajstić information content (AvgIpc) is 2.69. The maximum atomic E-state index is 12.7. The smallest absolute Gasteiger partial charge is 0.296 e. The highest BCUT2D eigenvalue weighted by atomic mass is 16.3. The Morgan fingerprint density at radius 3 is 2.33 bits per heavy atom. The Morgan fingerprint density at radius 2 is 1.78 bits per heavy atom. The number of aromatic nitrogens is 1. The van der Waals surface area contributed by atoms with Crippen LogP contribution in [0.25, 0.3) is 0 Å². The Bertz CT molecular complexity index is 881. The molecule has 0 fully saturated rings. The van der Waals surface area contributed by atoms with Gasteiger partial charge in [0.15, 0.2) is 12.4 Å². The molecule has 0 saturated heterocycles. The summed E-state index contributed by atoms with van der Waals surface area (Å²) in [6.45, 7) is 5.99. The second kappa shape index (κ2) is 7.92. The monoisotopic (exact) mass is 363 g/mol. The van der Waals surface area contributed by atoms with Crippen LogP contribution in [0.2, 0.25) is 0 Å². The van der Waals surface area contributed by atoms with Crippen molar-refractivity contribution in [1.29, 1.82) is 5.26 Å². The Hall–Kier alpha value is -3.33. The Labute approximate surface area is 159 Å². The van der Waals surface area contributed by atoms with E-state index in [0.717, 1.165) is 24.3 Å². The molecule has 0 aliphatic carbocycles. The highest BCUT2D eigenvalue weighted by molar-refractivity contribution is 5.84. The number of benzene rings is 1. The minimum absolute atomic E-state index is 0.159. The van der Waals surface area contributed by atoms with Crippen molar-refractivity contribution in [2.45, 2.75) is 25.8 Å². The number of amides is 1. The number of carbonyl (C=O) groups is 1. The van der Waals surface area contributed by atoms with E-state index in [4.69, 9.17) is 0 Å². The van der Waals surface area contributed by atoms with Gasteiger partial charge in [0.1, 0.15) is 11.6 Å². The third kappa shape index (κ3) is 3.49. The minimum atomic E-state index is -0.656. The summed E-state index contributed by atoms with van der Waals surface area (Å²) < 4.78 is 1.77. The van der Waals surface area contributed by atoms with E-state index in [9.17, 15) is 15.2 Å². The van der Waals surface area contributed by atoms with E-state index < -0.39 is 12.0 Å². The van der Waals surface area contributed by atoms with Crippen LogP contribution in [0, 0.1) is 11.3 Å². The third-order valence-corrected chi connectivity index (χ3v) is 4.95. The molecule has 3 rings (SSSR count). The Balaban J connectivity index is 2.08. The second-order valence-electron chi connectivity index (χ2n) is 6.37. The van der Waals surface area contributed by atoms with E-state index in [-0.39, 0.29) is 17.4 Å². The highest BCUT2D eigenvalue weighted by Crippen LogP contribution is 2.37. The lowest BCUT2D eigenvalue weighted by Gasteiger charge is -2.28. The number of nitrogens with zero attached hydrogens (tertiary/aromatic N) is 3. The summed E-state index contributed by atoms with van der Waals surface area (Å²) in [5.74, 6) is -1.28. The van der Waals surface area contributed by atoms with Gasteiger partial charge in [0.05, 0.1) is 5.92 Å². The number of hydrogen-bond donors (Lipinski definition) is 2. The van der Waals surface area contributed by atoms with Crippen LogP contribution >= 0.6 is 0 Å². The van der Waals surface area contributed by atoms with Crippen molar-refractivity contribution in [3.63, 3.8) is 0 Å². The summed E-state index contributed by atoms with van der Waals surface area (Å²) in [4.78, 5) is 14.9. The van der Waals surface area contributed by atoms with Gasteiger partial charge in [0.2, 0.25) is 11.9 Å². The van der Waals surface area contributed by atoms with Crippen LogP contribution < -0.4 is 14.8 Å². The molecule has 1 aromatic carbocycles. The van der Waals surface area contributed by atoms with Crippen LogP contribution in [0.5, 0.6) is 0 Å². The van der Waals surface area contributed by atoms with Gasteiger partial charge >= 0.3 is 0 Å². The third-order valence-electron chi connectivity index (χ3n) is 4.95. The van der Waals surface area contributed by atoms with Gasteiger partial charge in [-0.25, -0.2) is 0 Å². The lowest BCUT2D eigenvalue weighted by Crippen LogP contribution is -2.53. The van der Waals surface area contributed by atoms with Crippen LogP contribution in [0.4, 0.5) is 5.69 Å². The molecule has 0 saturated carbocycles. The first-order valence-electron chi connectivity index (χ1n) is 9.05. The topological polar surface area (TPSA) is 80.2 Å². The van der Waals surface area contributed by atoms with Gasteiger partial charge in [-0.2, -0.15) is 9.83 Å². The van der Waals surface area contributed by atoms with Crippen molar-refractivity contribution in [1.82, 2.24) is 5.32 Å². The molecule has 138 valence electrons. The molecular weight excluding hydrogens is 340 g/mol. The molecule has 2 atom stereocenters. The molecule has 0 radical (unpaired) electrons. The minimum Gasteiger partial charge on any atom is -0.494 e. The van der Waals surface area contributed by atoms with E-state index in [0.29, 0.717) is 0 Å². The van der Waals surface area contributed by atoms with Crippen LogP contribution in [0.1, 0.15) is 31.4 Å². The maximum absolute atomic E-state index is 12.7. The molecule has 6 heteroatoms. The number of nitrogens with one attached hydrogen (secondary N) is 1. The number of hydrogen-bond acceptors (Lipinski definition) is 4. The zero-order valence-electron chi connectivity index (χ0n) is 15.5. The molecule has 1 aliphatic heterocycles. The van der Waals surface area contributed by atoms with Crippen LogP contribution in [-0.2, 0) is 4.79 Å². The molecule has 0 spiro atoms. The van der Waals surface area contributed by atoms with Crippen molar-refractivity contribution in [3.8, 4) is 6.07 Å². The van der Waals surface area contributed by atoms with Crippen molar-refractivity contribution in [3.05, 3.63) is 71.9 Å². The number of rotatable bonds is 5. The molecule has 0 bridgehead atoms. The lowest BCUT2D eigenvalue weighted by molar-refractivity contribution is -0.711. The van der Waals surface area contributed by atoms with E-state index in [1.165, 1.54) is 0 Å². The van der Waals surface area contributed by atoms with E-state index >= 15 is 0 Å². The predicted octanol–water partition coefficient (Wildman–Crippen LogP) is 2.57. The normalized spacial score (nSPS) is 19.4. The second-order valence-corrected chi connectivity index (χ2v) is 6.37. The molecule has 2 aromatic rings. The molecular formula is C21H23N4O2+. The first kappa shape index (κ1) is 18.5. The zero-order chi connectivity index (χ0) is 19.4. The SMILES string of the molecule is CCN(CC)c1ccc(C2C(C#N)=C(O)NC(=O)C2[n+]2ccccc2)cc1. The molecule has 2 N–H and O–H groups in total. The highest BCUT2D eigenvalue weighted by Gasteiger charge is 2.45. The van der Waals surface area contributed by atoms with Gasteiger partial charge in [-0.3, -0.25) is 10.1 Å². The fourth-order valence-electron chi connectivity index (χ4n) is 3.57. The predicted molar refractivity (Wildman–Crippen MR) is 102 cm³/mol. The average molecular weight is 363 g/mol. The fourth-order valence-corrected chi connectivity index (χ4v) is 3.57. The van der Waals surface area contributed by atoms with Gasteiger partial charge in [0, 0.05) is 30.9 Å². The van der Waals surface area contributed by atoms with Gasteiger partial charge in [-0.15, -0.1) is 0 Å². The van der Waals surface area contributed by atoms with E-state index in [1.807, 2.05) is 42.5 Å². The van der Waals surface area contributed by atoms with Crippen LogP contribution in [0.15, 0.2) is 66.3 Å². The van der Waals surface area contributed by atoms with Crippen molar-refractivity contribution in [2.24, 2.45) is 0 Å². The van der Waals surface area contributed by atoms with Crippen molar-refractivity contribution in [2.75, 3.05) is 18.0 Å². The molecule has 1 aromatic heterocycles. The van der Waals surface area contributed by atoms with E-state index in [2.05, 4.69) is 30.1 Å². The maximum Gasteiger partial charge on any atom is 0.296 e. The molecule has 2 heterocycles. The number of aliphatic hydroxyl groups is 1. The molecule has 27 heavy (non-hydrogen) atoms. The molecule has 6 nitrogen and oxygen atoms in total. The summed E-state index contributed by atoms with van der Waals surface area (Å²) >= 11 is 0.